The lowest BCUT2D eigenvalue weighted by Gasteiger charge is -2.08. The predicted molar refractivity (Wildman–Crippen MR) is 130 cm³/mol. The summed E-state index contributed by atoms with van der Waals surface area (Å²) < 4.78 is 1.96. The van der Waals surface area contributed by atoms with Crippen LogP contribution in [0.5, 0.6) is 0 Å². The lowest BCUT2D eigenvalue weighted by molar-refractivity contribution is -0.113. The molecule has 0 saturated heterocycles. The minimum Gasteiger partial charge on any atom is -0.325 e. The summed E-state index contributed by atoms with van der Waals surface area (Å²) in [4.78, 5) is 13.6. The van der Waals surface area contributed by atoms with Crippen LogP contribution in [0, 0.1) is 20.8 Å². The summed E-state index contributed by atoms with van der Waals surface area (Å²) in [6.45, 7) is 6.24. The van der Waals surface area contributed by atoms with Gasteiger partial charge in [0.05, 0.1) is 5.75 Å². The first-order chi connectivity index (χ1) is 14.9. The van der Waals surface area contributed by atoms with Crippen molar-refractivity contribution in [2.45, 2.75) is 25.9 Å². The standard InChI is InChI=1S/C24H24N4OS2/c1-15-5-9-18(10-6-15)22-17(3)30-13-20(22)23-26-27-24(28(23)4)31-14-21(29)25-19-11-7-16(2)8-12-19/h5-13H,14H2,1-4H3,(H,25,29). The van der Waals surface area contributed by atoms with E-state index in [0.717, 1.165) is 22.6 Å². The summed E-state index contributed by atoms with van der Waals surface area (Å²) in [7, 11) is 1.95. The van der Waals surface area contributed by atoms with Crippen LogP contribution >= 0.6 is 23.1 Å². The number of anilines is 1. The molecule has 2 aromatic heterocycles. The van der Waals surface area contributed by atoms with Gasteiger partial charge in [-0.3, -0.25) is 4.79 Å². The van der Waals surface area contributed by atoms with E-state index in [4.69, 9.17) is 0 Å². The number of aryl methyl sites for hydroxylation is 3. The van der Waals surface area contributed by atoms with Gasteiger partial charge in [-0.15, -0.1) is 21.5 Å². The summed E-state index contributed by atoms with van der Waals surface area (Å²) in [6, 6.07) is 16.3. The minimum atomic E-state index is -0.0647. The van der Waals surface area contributed by atoms with Crippen LogP contribution < -0.4 is 5.32 Å². The zero-order valence-electron chi connectivity index (χ0n) is 18.0. The summed E-state index contributed by atoms with van der Waals surface area (Å²) in [5, 5.41) is 14.6. The van der Waals surface area contributed by atoms with Gasteiger partial charge in [-0.2, -0.15) is 0 Å². The van der Waals surface area contributed by atoms with E-state index in [2.05, 4.69) is 59.0 Å². The number of rotatable bonds is 6. The topological polar surface area (TPSA) is 59.8 Å². The first-order valence-corrected chi connectivity index (χ1v) is 11.8. The van der Waals surface area contributed by atoms with Crippen LogP contribution in [-0.4, -0.2) is 26.4 Å². The fourth-order valence-electron chi connectivity index (χ4n) is 3.34. The molecule has 0 radical (unpaired) electrons. The third-order valence-corrected chi connectivity index (χ3v) is 6.99. The molecule has 158 valence electrons. The first-order valence-electron chi connectivity index (χ1n) is 9.96. The van der Waals surface area contributed by atoms with Crippen LogP contribution in [0.1, 0.15) is 16.0 Å². The SMILES string of the molecule is Cc1ccc(NC(=O)CSc2nnc(-c3csc(C)c3-c3ccc(C)cc3)n2C)cc1. The highest BCUT2D eigenvalue weighted by molar-refractivity contribution is 7.99. The van der Waals surface area contributed by atoms with E-state index in [0.29, 0.717) is 5.16 Å². The number of amides is 1. The van der Waals surface area contributed by atoms with Crippen LogP contribution in [0.3, 0.4) is 0 Å². The highest BCUT2D eigenvalue weighted by Crippen LogP contribution is 2.38. The Kier molecular flexibility index (Phi) is 6.25. The molecular formula is C24H24N4OS2. The van der Waals surface area contributed by atoms with Crippen molar-refractivity contribution in [2.75, 3.05) is 11.1 Å². The molecule has 31 heavy (non-hydrogen) atoms. The number of carbonyl (C=O) groups excluding carboxylic acids is 1. The van der Waals surface area contributed by atoms with Gasteiger partial charge in [0.15, 0.2) is 11.0 Å². The minimum absolute atomic E-state index is 0.0647. The number of aromatic nitrogens is 3. The van der Waals surface area contributed by atoms with Gasteiger partial charge in [0.2, 0.25) is 5.91 Å². The van der Waals surface area contributed by atoms with E-state index in [9.17, 15) is 4.79 Å². The van der Waals surface area contributed by atoms with Gasteiger partial charge < -0.3 is 9.88 Å². The molecule has 1 amide bonds. The number of thioether (sulfide) groups is 1. The zero-order valence-corrected chi connectivity index (χ0v) is 19.6. The molecule has 0 aliphatic rings. The molecule has 7 heteroatoms. The highest BCUT2D eigenvalue weighted by atomic mass is 32.2. The Bertz CT molecular complexity index is 1210. The second-order valence-electron chi connectivity index (χ2n) is 7.51. The van der Waals surface area contributed by atoms with Crippen LogP contribution in [0.2, 0.25) is 0 Å². The Morgan fingerprint density at radius 2 is 1.65 bits per heavy atom. The maximum absolute atomic E-state index is 12.3. The molecule has 4 rings (SSSR count). The van der Waals surface area contributed by atoms with Gasteiger partial charge in [-0.05, 0) is 38.5 Å². The van der Waals surface area contributed by atoms with Crippen molar-refractivity contribution < 1.29 is 4.79 Å². The molecule has 5 nitrogen and oxygen atoms in total. The largest absolute Gasteiger partial charge is 0.325 e. The van der Waals surface area contributed by atoms with Gasteiger partial charge in [-0.25, -0.2) is 0 Å². The molecule has 1 N–H and O–H groups in total. The second-order valence-corrected chi connectivity index (χ2v) is 9.54. The Labute approximate surface area is 190 Å². The van der Waals surface area contributed by atoms with Crippen molar-refractivity contribution in [1.29, 1.82) is 0 Å². The summed E-state index contributed by atoms with van der Waals surface area (Å²) in [5.74, 6) is 1.01. The molecule has 4 aromatic rings. The average Bonchev–Trinajstić information content (AvgIpc) is 3.31. The fourth-order valence-corrected chi connectivity index (χ4v) is 4.91. The summed E-state index contributed by atoms with van der Waals surface area (Å²) in [5.41, 5.74) is 6.62. The molecule has 2 heterocycles. The van der Waals surface area contributed by atoms with Gasteiger partial charge >= 0.3 is 0 Å². The molecule has 0 saturated carbocycles. The van der Waals surface area contributed by atoms with Crippen LogP contribution in [0.15, 0.2) is 59.1 Å². The van der Waals surface area contributed by atoms with Gasteiger partial charge in [0.25, 0.3) is 0 Å². The molecule has 0 atom stereocenters. The average molecular weight is 449 g/mol. The lowest BCUT2D eigenvalue weighted by atomic mass is 10.0. The smallest absolute Gasteiger partial charge is 0.234 e. The Morgan fingerprint density at radius 1 is 1.00 bits per heavy atom. The van der Waals surface area contributed by atoms with Crippen molar-refractivity contribution in [3.05, 3.63) is 69.9 Å². The molecule has 0 spiro atoms. The maximum Gasteiger partial charge on any atom is 0.234 e. The summed E-state index contributed by atoms with van der Waals surface area (Å²) >= 11 is 3.10. The molecule has 0 fully saturated rings. The van der Waals surface area contributed by atoms with Crippen molar-refractivity contribution in [1.82, 2.24) is 14.8 Å². The molecule has 0 aliphatic carbocycles. The Morgan fingerprint density at radius 3 is 2.32 bits per heavy atom. The number of carbonyl (C=O) groups is 1. The molecule has 2 aromatic carbocycles. The molecule has 0 unspecified atom stereocenters. The zero-order chi connectivity index (χ0) is 22.0. The number of hydrogen-bond acceptors (Lipinski definition) is 5. The maximum atomic E-state index is 12.3. The Hall–Kier alpha value is -2.90. The van der Waals surface area contributed by atoms with Crippen molar-refractivity contribution >= 4 is 34.7 Å². The second kappa shape index (κ2) is 9.08. The van der Waals surface area contributed by atoms with Crippen molar-refractivity contribution in [3.8, 4) is 22.5 Å². The van der Waals surface area contributed by atoms with Gasteiger partial charge in [0, 0.05) is 34.1 Å². The van der Waals surface area contributed by atoms with Crippen molar-refractivity contribution in [2.24, 2.45) is 7.05 Å². The lowest BCUT2D eigenvalue weighted by Crippen LogP contribution is -2.14. The number of thiophene rings is 1. The monoisotopic (exact) mass is 448 g/mol. The van der Waals surface area contributed by atoms with Crippen LogP contribution in [-0.2, 0) is 11.8 Å². The normalized spacial score (nSPS) is 11.0. The first kappa shape index (κ1) is 21.3. The third-order valence-electron chi connectivity index (χ3n) is 5.06. The van der Waals surface area contributed by atoms with E-state index in [1.165, 1.54) is 33.3 Å². The van der Waals surface area contributed by atoms with Crippen LogP contribution in [0.25, 0.3) is 22.5 Å². The number of nitrogens with one attached hydrogen (secondary N) is 1. The van der Waals surface area contributed by atoms with E-state index in [1.807, 2.05) is 42.8 Å². The van der Waals surface area contributed by atoms with Gasteiger partial charge in [-0.1, -0.05) is 59.3 Å². The van der Waals surface area contributed by atoms with E-state index >= 15 is 0 Å². The molecule has 0 bridgehead atoms. The van der Waals surface area contributed by atoms with Crippen molar-refractivity contribution in [3.63, 3.8) is 0 Å². The quantitative estimate of drug-likeness (QED) is 0.375. The van der Waals surface area contributed by atoms with E-state index in [-0.39, 0.29) is 11.7 Å². The van der Waals surface area contributed by atoms with Crippen LogP contribution in [0.4, 0.5) is 5.69 Å². The molecule has 0 aliphatic heterocycles. The highest BCUT2D eigenvalue weighted by Gasteiger charge is 2.19. The van der Waals surface area contributed by atoms with Gasteiger partial charge in [0.1, 0.15) is 0 Å². The number of benzene rings is 2. The fraction of sp³-hybridized carbons (Fsp3) is 0.208. The Balaban J connectivity index is 1.51. The summed E-state index contributed by atoms with van der Waals surface area (Å²) in [6.07, 6.45) is 0. The predicted octanol–water partition coefficient (Wildman–Crippen LogP) is 5.87. The third kappa shape index (κ3) is 4.73. The van der Waals surface area contributed by atoms with E-state index in [1.54, 1.807) is 11.3 Å². The van der Waals surface area contributed by atoms with E-state index < -0.39 is 0 Å². The molecular weight excluding hydrogens is 424 g/mol. The number of nitrogens with zero attached hydrogens (tertiary/aromatic N) is 3. The number of hydrogen-bond donors (Lipinski definition) is 1.